The van der Waals surface area contributed by atoms with Gasteiger partial charge in [-0.15, -0.1) is 0 Å². The fraction of sp³-hybridized carbons (Fsp3) is 0.353. The van der Waals surface area contributed by atoms with E-state index < -0.39 is 17.9 Å². The molecular weight excluding hydrogens is 560 g/mol. The van der Waals surface area contributed by atoms with Crippen molar-refractivity contribution in [2.75, 3.05) is 41.9 Å². The molecule has 3 aromatic rings. The zero-order chi connectivity index (χ0) is 31.5. The Kier molecular flexibility index (Phi) is 11.3. The van der Waals surface area contributed by atoms with Crippen LogP contribution in [0.4, 0.5) is 21.9 Å². The molecule has 0 heterocycles. The molecule has 3 N–H and O–H groups in total. The Morgan fingerprint density at radius 2 is 1.64 bits per heavy atom. The fourth-order valence-electron chi connectivity index (χ4n) is 5.28. The highest BCUT2D eigenvalue weighted by atomic mass is 16.5. The van der Waals surface area contributed by atoms with Crippen LogP contribution in [0, 0.1) is 5.92 Å². The summed E-state index contributed by atoms with van der Waals surface area (Å²) in [5, 5.41) is 14.6. The van der Waals surface area contributed by atoms with Crippen LogP contribution in [0.15, 0.2) is 78.9 Å². The number of hydrogen-bond acceptors (Lipinski definition) is 5. The van der Waals surface area contributed by atoms with Crippen LogP contribution in [0.3, 0.4) is 0 Å². The van der Waals surface area contributed by atoms with Crippen LogP contribution in [0.5, 0.6) is 5.75 Å². The number of amides is 4. The predicted octanol–water partition coefficient (Wildman–Crippen LogP) is 5.65. The second-order valence-corrected chi connectivity index (χ2v) is 11.0. The Morgan fingerprint density at radius 1 is 0.932 bits per heavy atom. The maximum absolute atomic E-state index is 13.6. The number of ether oxygens (including phenoxy) is 1. The minimum Gasteiger partial charge on any atom is -0.482 e. The summed E-state index contributed by atoms with van der Waals surface area (Å²) < 4.78 is 5.97. The topological polar surface area (TPSA) is 128 Å². The number of rotatable bonds is 13. The van der Waals surface area contributed by atoms with E-state index in [0.29, 0.717) is 35.2 Å². The molecule has 1 unspecified atom stereocenters. The predicted molar refractivity (Wildman–Crippen MR) is 170 cm³/mol. The molecule has 44 heavy (non-hydrogen) atoms. The van der Waals surface area contributed by atoms with E-state index in [4.69, 9.17) is 4.74 Å². The number of aliphatic carboxylic acids is 1. The molecule has 0 bridgehead atoms. The van der Waals surface area contributed by atoms with Gasteiger partial charge in [0.2, 0.25) is 5.91 Å². The second-order valence-electron chi connectivity index (χ2n) is 11.0. The van der Waals surface area contributed by atoms with E-state index in [9.17, 15) is 24.3 Å². The summed E-state index contributed by atoms with van der Waals surface area (Å²) in [6, 6.07) is 22.4. The Morgan fingerprint density at radius 3 is 2.36 bits per heavy atom. The molecule has 0 aliphatic heterocycles. The zero-order valence-corrected chi connectivity index (χ0v) is 25.2. The average Bonchev–Trinajstić information content (AvgIpc) is 3.56. The lowest BCUT2D eigenvalue weighted by atomic mass is 10.0. The Hall–Kier alpha value is -4.86. The number of anilines is 3. The largest absolute Gasteiger partial charge is 0.482 e. The van der Waals surface area contributed by atoms with Crippen molar-refractivity contribution in [3.8, 4) is 5.75 Å². The molecule has 0 spiro atoms. The molecule has 10 heteroatoms. The Balaban J connectivity index is 1.43. The van der Waals surface area contributed by atoms with Crippen LogP contribution in [-0.2, 0) is 14.4 Å². The van der Waals surface area contributed by atoms with Crippen molar-refractivity contribution >= 4 is 40.9 Å². The summed E-state index contributed by atoms with van der Waals surface area (Å²) >= 11 is 0. The highest BCUT2D eigenvalue weighted by Crippen LogP contribution is 2.32. The van der Waals surface area contributed by atoms with Crippen molar-refractivity contribution < 1.29 is 29.0 Å². The van der Waals surface area contributed by atoms with Crippen molar-refractivity contribution in [1.82, 2.24) is 5.32 Å². The molecule has 1 atom stereocenters. The first-order chi connectivity index (χ1) is 21.2. The molecular formula is C34H40N4O6. The zero-order valence-electron chi connectivity index (χ0n) is 25.2. The Labute approximate surface area is 258 Å². The summed E-state index contributed by atoms with van der Waals surface area (Å²) in [6.07, 6.45) is 5.44. The van der Waals surface area contributed by atoms with Crippen molar-refractivity contribution in [3.05, 3.63) is 84.4 Å². The van der Waals surface area contributed by atoms with Gasteiger partial charge in [0.15, 0.2) is 6.61 Å². The van der Waals surface area contributed by atoms with Crippen LogP contribution < -0.4 is 25.2 Å². The normalized spacial score (nSPS) is 13.5. The van der Waals surface area contributed by atoms with Gasteiger partial charge in [0.25, 0.3) is 5.91 Å². The summed E-state index contributed by atoms with van der Waals surface area (Å²) in [7, 11) is 1.68. The monoisotopic (exact) mass is 600 g/mol. The van der Waals surface area contributed by atoms with Crippen LogP contribution in [0.1, 0.15) is 50.5 Å². The summed E-state index contributed by atoms with van der Waals surface area (Å²) in [5.41, 5.74) is 2.25. The number of carbonyl (C=O) groups excluding carboxylic acids is 3. The third kappa shape index (κ3) is 8.82. The quantitative estimate of drug-likeness (QED) is 0.233. The molecule has 0 saturated heterocycles. The lowest BCUT2D eigenvalue weighted by molar-refractivity contribution is -0.138. The van der Waals surface area contributed by atoms with E-state index in [1.165, 1.54) is 17.7 Å². The lowest BCUT2D eigenvalue weighted by Crippen LogP contribution is -2.42. The van der Waals surface area contributed by atoms with E-state index in [-0.39, 0.29) is 25.0 Å². The first kappa shape index (κ1) is 32.1. The third-order valence-electron chi connectivity index (χ3n) is 7.98. The number of hydrogen-bond donors (Lipinski definition) is 3. The van der Waals surface area contributed by atoms with Gasteiger partial charge in [-0.25, -0.2) is 4.79 Å². The van der Waals surface area contributed by atoms with Gasteiger partial charge in [0.05, 0.1) is 18.2 Å². The molecule has 1 saturated carbocycles. The number of benzene rings is 3. The molecule has 4 amide bonds. The summed E-state index contributed by atoms with van der Waals surface area (Å²) in [6.45, 7) is 1.53. The minimum absolute atomic E-state index is 0.215. The highest BCUT2D eigenvalue weighted by molar-refractivity contribution is 5.99. The maximum atomic E-state index is 13.6. The second kappa shape index (κ2) is 15.6. The molecule has 232 valence electrons. The van der Waals surface area contributed by atoms with Gasteiger partial charge in [-0.05, 0) is 61.2 Å². The van der Waals surface area contributed by atoms with Gasteiger partial charge in [-0.1, -0.05) is 68.1 Å². The smallest absolute Gasteiger partial charge is 0.319 e. The number of nitrogens with zero attached hydrogens (tertiary/aromatic N) is 2. The van der Waals surface area contributed by atoms with E-state index in [1.807, 2.05) is 30.3 Å². The Bertz CT molecular complexity index is 1440. The average molecular weight is 601 g/mol. The first-order valence-electron chi connectivity index (χ1n) is 14.9. The maximum Gasteiger partial charge on any atom is 0.319 e. The van der Waals surface area contributed by atoms with Gasteiger partial charge in [-0.2, -0.15) is 0 Å². The molecule has 0 aromatic heterocycles. The van der Waals surface area contributed by atoms with Gasteiger partial charge in [0.1, 0.15) is 5.75 Å². The van der Waals surface area contributed by atoms with Crippen LogP contribution in [-0.4, -0.2) is 55.7 Å². The molecule has 4 rings (SSSR count). The summed E-state index contributed by atoms with van der Waals surface area (Å²) in [4.78, 5) is 53.7. The summed E-state index contributed by atoms with van der Waals surface area (Å²) in [5.74, 6) is -1.34. The standard InChI is InChI=1S/C34H40N4O6/c1-24(33(41)42)26-13-10-14-27(21-26)36-34(43)35-22-31(39)38(20-19-25-11-6-7-12-25)29-17-8-9-18-30(29)44-23-32(40)37(2)28-15-4-3-5-16-28/h3-5,8-10,13-18,21,24-25H,6-7,11-12,19-20,22-23H2,1-2H3,(H,41,42)(H2,35,36,43). The highest BCUT2D eigenvalue weighted by Gasteiger charge is 2.24. The van der Waals surface area contributed by atoms with Crippen molar-refractivity contribution in [3.63, 3.8) is 0 Å². The minimum atomic E-state index is -0.966. The first-order valence-corrected chi connectivity index (χ1v) is 14.9. The molecule has 3 aromatic carbocycles. The van der Waals surface area contributed by atoms with E-state index in [1.54, 1.807) is 67.4 Å². The molecule has 0 radical (unpaired) electrons. The lowest BCUT2D eigenvalue weighted by Gasteiger charge is -2.27. The van der Waals surface area contributed by atoms with E-state index in [0.717, 1.165) is 24.9 Å². The van der Waals surface area contributed by atoms with Gasteiger partial charge in [-0.3, -0.25) is 14.4 Å². The van der Waals surface area contributed by atoms with Crippen molar-refractivity contribution in [1.29, 1.82) is 0 Å². The number of carboxylic acid groups (broad SMARTS) is 1. The number of urea groups is 1. The third-order valence-corrected chi connectivity index (χ3v) is 7.98. The van der Waals surface area contributed by atoms with E-state index in [2.05, 4.69) is 10.6 Å². The molecule has 1 fully saturated rings. The van der Waals surface area contributed by atoms with E-state index >= 15 is 0 Å². The number of nitrogens with one attached hydrogen (secondary N) is 2. The van der Waals surface area contributed by atoms with Crippen molar-refractivity contribution in [2.45, 2.75) is 44.9 Å². The number of carbonyl (C=O) groups is 4. The SMILES string of the molecule is CC(C(=O)O)c1cccc(NC(=O)NCC(=O)N(CCC2CCCC2)c2ccccc2OCC(=O)N(C)c2ccccc2)c1. The van der Waals surface area contributed by atoms with Gasteiger partial charge in [0, 0.05) is 25.0 Å². The van der Waals surface area contributed by atoms with Gasteiger partial charge >= 0.3 is 12.0 Å². The number of para-hydroxylation sites is 3. The molecule has 1 aliphatic rings. The van der Waals surface area contributed by atoms with Crippen LogP contribution in [0.2, 0.25) is 0 Å². The molecule has 10 nitrogen and oxygen atoms in total. The van der Waals surface area contributed by atoms with Crippen LogP contribution in [0.25, 0.3) is 0 Å². The van der Waals surface area contributed by atoms with Gasteiger partial charge < -0.3 is 30.3 Å². The van der Waals surface area contributed by atoms with Crippen LogP contribution >= 0.6 is 0 Å². The van der Waals surface area contributed by atoms with Crippen molar-refractivity contribution in [2.24, 2.45) is 5.92 Å². The molecule has 1 aliphatic carbocycles. The number of likely N-dealkylation sites (N-methyl/N-ethyl adjacent to an activating group) is 1. The number of carboxylic acids is 1. The fourth-order valence-corrected chi connectivity index (χ4v) is 5.28.